The maximum absolute atomic E-state index is 12.2. The lowest BCUT2D eigenvalue weighted by molar-refractivity contribution is -0.150. The Hall–Kier alpha value is -3.15. The first kappa shape index (κ1) is 20.2. The fourth-order valence-electron chi connectivity index (χ4n) is 2.59. The molecule has 1 amide bonds. The molecule has 0 saturated carbocycles. The van der Waals surface area contributed by atoms with Crippen LogP contribution in [0.2, 0.25) is 0 Å². The maximum atomic E-state index is 12.2. The molecule has 0 heterocycles. The average Bonchev–Trinajstić information content (AvgIpc) is 2.71. The van der Waals surface area contributed by atoms with Crippen molar-refractivity contribution in [3.8, 4) is 0 Å². The van der Waals surface area contributed by atoms with Crippen molar-refractivity contribution in [2.24, 2.45) is 0 Å². The predicted octanol–water partition coefficient (Wildman–Crippen LogP) is 2.83. The fraction of sp³-hybridized carbons (Fsp3) is 0.286. The van der Waals surface area contributed by atoms with Crippen LogP contribution >= 0.6 is 0 Å². The minimum Gasteiger partial charge on any atom is -0.465 e. The van der Waals surface area contributed by atoms with Gasteiger partial charge in [0.1, 0.15) is 0 Å². The summed E-state index contributed by atoms with van der Waals surface area (Å²) in [6, 6.07) is 16.0. The topological polar surface area (TPSA) is 81.7 Å². The van der Waals surface area contributed by atoms with Gasteiger partial charge in [-0.05, 0) is 29.7 Å². The molecule has 0 radical (unpaired) electrons. The number of hydrogen-bond donors (Lipinski definition) is 1. The molecule has 0 bridgehead atoms. The lowest BCUT2D eigenvalue weighted by Gasteiger charge is -2.14. The van der Waals surface area contributed by atoms with E-state index in [1.54, 1.807) is 24.3 Å². The maximum Gasteiger partial charge on any atom is 0.337 e. The number of rotatable bonds is 8. The number of carbonyl (C=O) groups excluding carboxylic acids is 3. The third-order valence-electron chi connectivity index (χ3n) is 4.10. The molecule has 6 heteroatoms. The first-order chi connectivity index (χ1) is 13.0. The Kier molecular flexibility index (Phi) is 7.55. The van der Waals surface area contributed by atoms with Gasteiger partial charge in [0.05, 0.1) is 18.6 Å². The quantitative estimate of drug-likeness (QED) is 0.724. The molecule has 0 unspecified atom stereocenters. The number of hydrogen-bond acceptors (Lipinski definition) is 5. The van der Waals surface area contributed by atoms with Crippen molar-refractivity contribution in [3.05, 3.63) is 71.3 Å². The van der Waals surface area contributed by atoms with Gasteiger partial charge in [0.25, 0.3) is 5.91 Å². The summed E-state index contributed by atoms with van der Waals surface area (Å²) in [5, 5.41) is 2.68. The van der Waals surface area contributed by atoms with Crippen molar-refractivity contribution in [2.75, 3.05) is 13.7 Å². The molecule has 1 atom stereocenters. The summed E-state index contributed by atoms with van der Waals surface area (Å²) in [4.78, 5) is 35.5. The van der Waals surface area contributed by atoms with Gasteiger partial charge in [-0.1, -0.05) is 49.4 Å². The van der Waals surface area contributed by atoms with Crippen molar-refractivity contribution in [1.82, 2.24) is 5.32 Å². The molecular formula is C21H23NO5. The molecule has 27 heavy (non-hydrogen) atoms. The van der Waals surface area contributed by atoms with Crippen LogP contribution < -0.4 is 5.32 Å². The molecule has 1 N–H and O–H groups in total. The zero-order chi connectivity index (χ0) is 19.6. The number of nitrogens with one attached hydrogen (secondary N) is 1. The van der Waals surface area contributed by atoms with Crippen LogP contribution in [0.4, 0.5) is 0 Å². The highest BCUT2D eigenvalue weighted by Gasteiger charge is 2.20. The van der Waals surface area contributed by atoms with Crippen LogP contribution in [-0.2, 0) is 25.6 Å². The highest BCUT2D eigenvalue weighted by atomic mass is 16.5. The van der Waals surface area contributed by atoms with Gasteiger partial charge in [0, 0.05) is 6.54 Å². The molecule has 6 nitrogen and oxygen atoms in total. The zero-order valence-corrected chi connectivity index (χ0v) is 15.4. The van der Waals surface area contributed by atoms with E-state index in [9.17, 15) is 14.4 Å². The van der Waals surface area contributed by atoms with E-state index in [4.69, 9.17) is 4.74 Å². The molecule has 0 aliphatic carbocycles. The average molecular weight is 369 g/mol. The first-order valence-corrected chi connectivity index (χ1v) is 8.70. The third kappa shape index (κ3) is 5.95. The summed E-state index contributed by atoms with van der Waals surface area (Å²) >= 11 is 0. The van der Waals surface area contributed by atoms with Gasteiger partial charge in [-0.15, -0.1) is 0 Å². The Morgan fingerprint density at radius 2 is 1.67 bits per heavy atom. The summed E-state index contributed by atoms with van der Waals surface area (Å²) < 4.78 is 9.78. The van der Waals surface area contributed by atoms with E-state index in [0.717, 1.165) is 11.1 Å². The molecule has 0 aromatic heterocycles. The minimum atomic E-state index is -0.415. The number of carbonyl (C=O) groups is 3. The van der Waals surface area contributed by atoms with Gasteiger partial charge < -0.3 is 14.8 Å². The van der Waals surface area contributed by atoms with Crippen LogP contribution in [0.1, 0.15) is 40.7 Å². The van der Waals surface area contributed by atoms with E-state index in [-0.39, 0.29) is 25.0 Å². The van der Waals surface area contributed by atoms with Crippen LogP contribution in [0.5, 0.6) is 0 Å². The zero-order valence-electron chi connectivity index (χ0n) is 15.4. The van der Waals surface area contributed by atoms with Gasteiger partial charge >= 0.3 is 11.9 Å². The normalized spacial score (nSPS) is 11.3. The molecule has 0 aliphatic rings. The minimum absolute atomic E-state index is 0.272. The Labute approximate surface area is 158 Å². The van der Waals surface area contributed by atoms with Gasteiger partial charge in [0.15, 0.2) is 6.61 Å². The molecule has 2 aromatic carbocycles. The second-order valence-corrected chi connectivity index (χ2v) is 5.94. The molecular weight excluding hydrogens is 346 g/mol. The van der Waals surface area contributed by atoms with E-state index in [2.05, 4.69) is 10.1 Å². The summed E-state index contributed by atoms with van der Waals surface area (Å²) in [7, 11) is 1.32. The van der Waals surface area contributed by atoms with Crippen molar-refractivity contribution >= 4 is 17.8 Å². The first-order valence-electron chi connectivity index (χ1n) is 8.70. The lowest BCUT2D eigenvalue weighted by Crippen LogP contribution is -2.29. The van der Waals surface area contributed by atoms with E-state index in [0.29, 0.717) is 12.0 Å². The van der Waals surface area contributed by atoms with Crippen LogP contribution in [0.25, 0.3) is 0 Å². The van der Waals surface area contributed by atoms with Gasteiger partial charge in [-0.2, -0.15) is 0 Å². The van der Waals surface area contributed by atoms with Gasteiger partial charge in [-0.25, -0.2) is 4.79 Å². The smallest absolute Gasteiger partial charge is 0.337 e. The molecule has 2 aromatic rings. The van der Waals surface area contributed by atoms with E-state index < -0.39 is 11.9 Å². The van der Waals surface area contributed by atoms with Crippen molar-refractivity contribution < 1.29 is 23.9 Å². The number of ether oxygens (including phenoxy) is 2. The Balaban J connectivity index is 1.80. The van der Waals surface area contributed by atoms with Crippen LogP contribution in [0.15, 0.2) is 54.6 Å². The second kappa shape index (κ2) is 10.1. The largest absolute Gasteiger partial charge is 0.465 e. The Morgan fingerprint density at radius 3 is 2.26 bits per heavy atom. The standard InChI is InChI=1S/C21H23NO5/c1-3-18(16-7-5-4-6-8-16)21(25)27-14-19(23)22-13-15-9-11-17(12-10-15)20(24)26-2/h4-12,18H,3,13-14H2,1-2H3,(H,22,23)/t18-/m1/s1. The predicted molar refractivity (Wildman–Crippen MR) is 100 cm³/mol. The van der Waals surface area contributed by atoms with Gasteiger partial charge in [-0.3, -0.25) is 9.59 Å². The van der Waals surface area contributed by atoms with Crippen molar-refractivity contribution in [2.45, 2.75) is 25.8 Å². The highest BCUT2D eigenvalue weighted by molar-refractivity contribution is 5.89. The number of amides is 1. The number of esters is 2. The SMILES string of the molecule is CC[C@@H](C(=O)OCC(=O)NCc1ccc(C(=O)OC)cc1)c1ccccc1. The molecule has 0 fully saturated rings. The molecule has 0 aliphatic heterocycles. The highest BCUT2D eigenvalue weighted by Crippen LogP contribution is 2.20. The number of benzene rings is 2. The molecule has 142 valence electrons. The van der Waals surface area contributed by atoms with Gasteiger partial charge in [0.2, 0.25) is 0 Å². The Bertz CT molecular complexity index is 771. The monoisotopic (exact) mass is 369 g/mol. The van der Waals surface area contributed by atoms with Crippen LogP contribution in [0.3, 0.4) is 0 Å². The molecule has 2 rings (SSSR count). The van der Waals surface area contributed by atoms with Crippen LogP contribution in [-0.4, -0.2) is 31.6 Å². The second-order valence-electron chi connectivity index (χ2n) is 5.94. The molecule has 0 spiro atoms. The fourth-order valence-corrected chi connectivity index (χ4v) is 2.59. The summed E-state index contributed by atoms with van der Waals surface area (Å²) in [5.41, 5.74) is 2.13. The van der Waals surface area contributed by atoms with Crippen molar-refractivity contribution in [3.63, 3.8) is 0 Å². The van der Waals surface area contributed by atoms with Crippen molar-refractivity contribution in [1.29, 1.82) is 0 Å². The number of methoxy groups -OCH3 is 1. The van der Waals surface area contributed by atoms with Crippen LogP contribution in [0, 0.1) is 0 Å². The van der Waals surface area contributed by atoms with E-state index in [1.165, 1.54) is 7.11 Å². The third-order valence-corrected chi connectivity index (χ3v) is 4.10. The lowest BCUT2D eigenvalue weighted by atomic mass is 9.97. The molecule has 0 saturated heterocycles. The summed E-state index contributed by atoms with van der Waals surface area (Å²) in [5.74, 6) is -1.60. The summed E-state index contributed by atoms with van der Waals surface area (Å²) in [6.07, 6.45) is 0.594. The van der Waals surface area contributed by atoms with E-state index >= 15 is 0 Å². The van der Waals surface area contributed by atoms with E-state index in [1.807, 2.05) is 37.3 Å². The summed E-state index contributed by atoms with van der Waals surface area (Å²) in [6.45, 7) is 1.84. The Morgan fingerprint density at radius 1 is 1.00 bits per heavy atom.